The molecule has 1 aromatic carbocycles. The van der Waals surface area contributed by atoms with Crippen LogP contribution in [-0.4, -0.2) is 42.3 Å². The number of phenolic OH excluding ortho intramolecular Hbond substituents is 1. The van der Waals surface area contributed by atoms with E-state index in [0.717, 1.165) is 0 Å². The number of amides is 1. The zero-order chi connectivity index (χ0) is 18.7. The van der Waals surface area contributed by atoms with Crippen molar-refractivity contribution >= 4 is 45.1 Å². The maximum absolute atomic E-state index is 14.0. The maximum atomic E-state index is 14.0. The molecule has 3 rings (SSSR count). The molecule has 10 heteroatoms. The van der Waals surface area contributed by atoms with E-state index >= 15 is 0 Å². The number of phenols is 1. The molecular weight excluding hydrogens is 431 g/mol. The number of halogens is 3. The minimum Gasteiger partial charge on any atom is -0.506 e. The van der Waals surface area contributed by atoms with Gasteiger partial charge in [-0.05, 0) is 24.3 Å². The third-order valence-corrected chi connectivity index (χ3v) is 4.46. The molecule has 0 radical (unpaired) electrons. The zero-order valence-electron chi connectivity index (χ0n) is 13.4. The monoisotopic (exact) mass is 444 g/mol. The average Bonchev–Trinajstić information content (AvgIpc) is 2.64. The lowest BCUT2D eigenvalue weighted by molar-refractivity contribution is 0.0960. The van der Waals surface area contributed by atoms with Gasteiger partial charge < -0.3 is 14.7 Å². The van der Waals surface area contributed by atoms with Gasteiger partial charge in [0.2, 0.25) is 0 Å². The van der Waals surface area contributed by atoms with Crippen LogP contribution in [0.1, 0.15) is 10.4 Å². The number of rotatable bonds is 4. The molecule has 2 heterocycles. The van der Waals surface area contributed by atoms with E-state index < -0.39 is 11.7 Å². The summed E-state index contributed by atoms with van der Waals surface area (Å²) in [6.07, 6.45) is 0. The SMILES string of the molecule is O=C(NNc1ccc(F)c(N2CCOCC2)n1)c1cc(Br)cc(Cl)c1O. The van der Waals surface area contributed by atoms with E-state index in [4.69, 9.17) is 16.3 Å². The van der Waals surface area contributed by atoms with Gasteiger partial charge in [-0.15, -0.1) is 0 Å². The van der Waals surface area contributed by atoms with Crippen LogP contribution in [-0.2, 0) is 4.74 Å². The molecule has 1 saturated heterocycles. The fourth-order valence-corrected chi connectivity index (χ4v) is 3.23. The van der Waals surface area contributed by atoms with Gasteiger partial charge in [0.1, 0.15) is 11.6 Å². The van der Waals surface area contributed by atoms with E-state index in [1.807, 2.05) is 0 Å². The smallest absolute Gasteiger partial charge is 0.273 e. The van der Waals surface area contributed by atoms with Crippen molar-refractivity contribution in [2.75, 3.05) is 36.6 Å². The first-order chi connectivity index (χ1) is 12.5. The Kier molecular flexibility index (Phi) is 5.80. The Morgan fingerprint density at radius 2 is 2.08 bits per heavy atom. The number of hydrogen-bond acceptors (Lipinski definition) is 6. The van der Waals surface area contributed by atoms with Crippen molar-refractivity contribution in [3.05, 3.63) is 45.1 Å². The Bertz CT molecular complexity index is 833. The van der Waals surface area contributed by atoms with Crippen molar-refractivity contribution in [3.63, 3.8) is 0 Å². The van der Waals surface area contributed by atoms with E-state index in [0.29, 0.717) is 30.8 Å². The molecule has 0 spiro atoms. The molecule has 1 aliphatic rings. The second kappa shape index (κ2) is 8.07. The lowest BCUT2D eigenvalue weighted by Gasteiger charge is -2.28. The number of hydrazine groups is 1. The number of anilines is 2. The Morgan fingerprint density at radius 3 is 2.81 bits per heavy atom. The van der Waals surface area contributed by atoms with Crippen molar-refractivity contribution < 1.29 is 19.0 Å². The fraction of sp³-hybridized carbons (Fsp3) is 0.250. The summed E-state index contributed by atoms with van der Waals surface area (Å²) in [6.45, 7) is 2.06. The van der Waals surface area contributed by atoms with Crippen LogP contribution in [0.4, 0.5) is 16.0 Å². The molecule has 1 aliphatic heterocycles. The summed E-state index contributed by atoms with van der Waals surface area (Å²) in [5.41, 5.74) is 4.99. The third-order valence-electron chi connectivity index (χ3n) is 3.72. The second-order valence-corrected chi connectivity index (χ2v) is 6.79. The Labute approximate surface area is 162 Å². The van der Waals surface area contributed by atoms with Crippen LogP contribution in [0.15, 0.2) is 28.7 Å². The summed E-state index contributed by atoms with van der Waals surface area (Å²) in [5, 5.41) is 9.96. The Hall–Kier alpha value is -2.10. The molecule has 2 aromatic rings. The van der Waals surface area contributed by atoms with Crippen LogP contribution in [0.5, 0.6) is 5.75 Å². The van der Waals surface area contributed by atoms with E-state index in [1.165, 1.54) is 24.3 Å². The van der Waals surface area contributed by atoms with Gasteiger partial charge in [0.05, 0.1) is 23.8 Å². The number of aromatic nitrogens is 1. The van der Waals surface area contributed by atoms with Crippen LogP contribution in [0.3, 0.4) is 0 Å². The highest BCUT2D eigenvalue weighted by atomic mass is 79.9. The number of carbonyl (C=O) groups excluding carboxylic acids is 1. The number of aromatic hydroxyl groups is 1. The lowest BCUT2D eigenvalue weighted by Crippen LogP contribution is -2.37. The molecule has 0 saturated carbocycles. The number of ether oxygens (including phenoxy) is 1. The van der Waals surface area contributed by atoms with Crippen molar-refractivity contribution in [1.82, 2.24) is 10.4 Å². The standard InChI is InChI=1S/C16H15BrClFN4O3/c17-9-7-10(14(24)11(18)8-9)16(25)22-21-13-2-1-12(19)15(20-13)23-3-5-26-6-4-23/h1-2,7-8,24H,3-6H2,(H,20,21)(H,22,25). The summed E-state index contributed by atoms with van der Waals surface area (Å²) >= 11 is 9.06. The summed E-state index contributed by atoms with van der Waals surface area (Å²) in [7, 11) is 0. The summed E-state index contributed by atoms with van der Waals surface area (Å²) in [4.78, 5) is 18.2. The maximum Gasteiger partial charge on any atom is 0.273 e. The van der Waals surface area contributed by atoms with Crippen molar-refractivity contribution in [1.29, 1.82) is 0 Å². The predicted octanol–water partition coefficient (Wildman–Crippen LogP) is 2.94. The van der Waals surface area contributed by atoms with Crippen LogP contribution in [0.2, 0.25) is 5.02 Å². The molecule has 1 amide bonds. The molecule has 0 atom stereocenters. The van der Waals surface area contributed by atoms with Gasteiger partial charge in [0, 0.05) is 17.6 Å². The summed E-state index contributed by atoms with van der Waals surface area (Å²) in [6, 6.07) is 5.56. The topological polar surface area (TPSA) is 86.7 Å². The number of carbonyl (C=O) groups is 1. The third kappa shape index (κ3) is 4.17. The number of morpholine rings is 1. The fourth-order valence-electron chi connectivity index (χ4n) is 2.43. The highest BCUT2D eigenvalue weighted by molar-refractivity contribution is 9.10. The quantitative estimate of drug-likeness (QED) is 0.628. The minimum absolute atomic E-state index is 0.0209. The lowest BCUT2D eigenvalue weighted by atomic mass is 10.2. The molecule has 138 valence electrons. The van der Waals surface area contributed by atoms with E-state index in [9.17, 15) is 14.3 Å². The van der Waals surface area contributed by atoms with Crippen molar-refractivity contribution in [2.24, 2.45) is 0 Å². The molecule has 7 nitrogen and oxygen atoms in total. The van der Waals surface area contributed by atoms with Gasteiger partial charge in [0.25, 0.3) is 5.91 Å². The number of nitrogens with zero attached hydrogens (tertiary/aromatic N) is 2. The van der Waals surface area contributed by atoms with Gasteiger partial charge in [0.15, 0.2) is 11.6 Å². The highest BCUT2D eigenvalue weighted by Crippen LogP contribution is 2.31. The molecule has 0 aliphatic carbocycles. The average molecular weight is 446 g/mol. The van der Waals surface area contributed by atoms with Gasteiger partial charge in [-0.3, -0.25) is 15.6 Å². The van der Waals surface area contributed by atoms with Gasteiger partial charge in [-0.1, -0.05) is 27.5 Å². The molecule has 0 bridgehead atoms. The van der Waals surface area contributed by atoms with Crippen molar-refractivity contribution in [3.8, 4) is 5.75 Å². The molecule has 1 fully saturated rings. The van der Waals surface area contributed by atoms with E-state index in [1.54, 1.807) is 4.90 Å². The van der Waals surface area contributed by atoms with E-state index in [2.05, 4.69) is 31.8 Å². The van der Waals surface area contributed by atoms with Gasteiger partial charge >= 0.3 is 0 Å². The summed E-state index contributed by atoms with van der Waals surface area (Å²) in [5.74, 6) is -0.983. The normalized spacial score (nSPS) is 14.2. The van der Waals surface area contributed by atoms with Crippen molar-refractivity contribution in [2.45, 2.75) is 0 Å². The molecule has 3 N–H and O–H groups in total. The highest BCUT2D eigenvalue weighted by Gasteiger charge is 2.18. The Morgan fingerprint density at radius 1 is 1.35 bits per heavy atom. The summed E-state index contributed by atoms with van der Waals surface area (Å²) < 4.78 is 19.8. The van der Waals surface area contributed by atoms with Gasteiger partial charge in [-0.2, -0.15) is 0 Å². The molecule has 0 unspecified atom stereocenters. The number of pyridine rings is 1. The van der Waals surface area contributed by atoms with Crippen LogP contribution < -0.4 is 15.8 Å². The van der Waals surface area contributed by atoms with Crippen LogP contribution in [0.25, 0.3) is 0 Å². The molecular formula is C16H15BrClFN4O3. The number of benzene rings is 1. The predicted molar refractivity (Wildman–Crippen MR) is 99.1 cm³/mol. The molecule has 1 aromatic heterocycles. The number of nitrogens with one attached hydrogen (secondary N) is 2. The largest absolute Gasteiger partial charge is 0.506 e. The first-order valence-corrected chi connectivity index (χ1v) is 8.86. The second-order valence-electron chi connectivity index (χ2n) is 5.46. The van der Waals surface area contributed by atoms with Crippen LogP contribution in [0, 0.1) is 5.82 Å². The first-order valence-electron chi connectivity index (χ1n) is 7.69. The zero-order valence-corrected chi connectivity index (χ0v) is 15.8. The number of hydrogen-bond donors (Lipinski definition) is 3. The van der Waals surface area contributed by atoms with E-state index in [-0.39, 0.29) is 28.0 Å². The minimum atomic E-state index is -0.621. The first kappa shape index (κ1) is 18.7. The Balaban J connectivity index is 1.73. The van der Waals surface area contributed by atoms with Gasteiger partial charge in [-0.25, -0.2) is 9.37 Å². The van der Waals surface area contributed by atoms with Crippen LogP contribution >= 0.6 is 27.5 Å². The molecule has 26 heavy (non-hydrogen) atoms.